The number of anilines is 1. The van der Waals surface area contributed by atoms with E-state index in [0.29, 0.717) is 23.2 Å². The van der Waals surface area contributed by atoms with E-state index in [0.717, 1.165) is 0 Å². The monoisotopic (exact) mass is 278 g/mol. The lowest BCUT2D eigenvalue weighted by molar-refractivity contribution is -0.141. The molecule has 0 saturated carbocycles. The topological polar surface area (TPSA) is 92.9 Å². The molecule has 2 rings (SSSR count). The lowest BCUT2D eigenvalue weighted by atomic mass is 10.1. The highest BCUT2D eigenvalue weighted by Crippen LogP contribution is 2.25. The van der Waals surface area contributed by atoms with Gasteiger partial charge in [0.25, 0.3) is 5.91 Å². The summed E-state index contributed by atoms with van der Waals surface area (Å²) >= 11 is 0. The molecule has 1 aromatic rings. The fraction of sp³-hybridized carbons (Fsp3) is 0.429. The van der Waals surface area contributed by atoms with Crippen LogP contribution < -0.4 is 5.73 Å². The molecule has 0 spiro atoms. The van der Waals surface area contributed by atoms with Gasteiger partial charge in [-0.3, -0.25) is 4.79 Å². The Bertz CT molecular complexity index is 544. The number of ether oxygens (including phenoxy) is 1. The van der Waals surface area contributed by atoms with Gasteiger partial charge in [0.15, 0.2) is 0 Å². The van der Waals surface area contributed by atoms with E-state index >= 15 is 0 Å². The molecule has 0 bridgehead atoms. The Morgan fingerprint density at radius 2 is 2.15 bits per heavy atom. The van der Waals surface area contributed by atoms with E-state index in [1.165, 1.54) is 12.0 Å². The maximum atomic E-state index is 12.5. The predicted octanol–water partition coefficient (Wildman–Crippen LogP) is 0.891. The van der Waals surface area contributed by atoms with E-state index in [-0.39, 0.29) is 18.6 Å². The van der Waals surface area contributed by atoms with Gasteiger partial charge in [-0.05, 0) is 24.6 Å². The number of aliphatic carboxylic acids is 1. The number of hydrogen-bond acceptors (Lipinski definition) is 4. The number of rotatable bonds is 3. The summed E-state index contributed by atoms with van der Waals surface area (Å²) in [5.41, 5.74) is 7.42. The van der Waals surface area contributed by atoms with E-state index in [1.807, 2.05) is 0 Å². The fourth-order valence-corrected chi connectivity index (χ4v) is 2.47. The third kappa shape index (κ3) is 2.46. The summed E-state index contributed by atoms with van der Waals surface area (Å²) in [4.78, 5) is 25.2. The lowest BCUT2D eigenvalue weighted by Gasteiger charge is -2.22. The minimum atomic E-state index is -1.01. The Hall–Kier alpha value is -2.08. The van der Waals surface area contributed by atoms with Crippen molar-refractivity contribution in [3.63, 3.8) is 0 Å². The second kappa shape index (κ2) is 5.50. The number of methoxy groups -OCH3 is 1. The van der Waals surface area contributed by atoms with Crippen LogP contribution >= 0.6 is 0 Å². The average Bonchev–Trinajstić information content (AvgIpc) is 2.85. The van der Waals surface area contributed by atoms with Crippen molar-refractivity contribution in [3.8, 4) is 0 Å². The van der Waals surface area contributed by atoms with Crippen LogP contribution in [0.3, 0.4) is 0 Å². The molecular formula is C14H18N2O4. The molecule has 6 heteroatoms. The first-order valence-corrected chi connectivity index (χ1v) is 6.37. The number of nitrogen functional groups attached to an aromatic ring is 1. The standard InChI is InChI=1S/C14H18N2O4/c1-8-10(4-3-5-11(8)15)13(17)16-7-9(20-2)6-12(16)14(18)19/h3-5,9,12H,6-7,15H2,1-2H3,(H,18,19). The molecule has 1 saturated heterocycles. The van der Waals surface area contributed by atoms with Gasteiger partial charge in [0, 0.05) is 31.3 Å². The maximum Gasteiger partial charge on any atom is 0.326 e. The quantitative estimate of drug-likeness (QED) is 0.801. The molecule has 1 aromatic carbocycles. The van der Waals surface area contributed by atoms with Gasteiger partial charge in [-0.1, -0.05) is 6.07 Å². The van der Waals surface area contributed by atoms with Crippen LogP contribution in [0.4, 0.5) is 5.69 Å². The van der Waals surface area contributed by atoms with Crippen LogP contribution in [0.15, 0.2) is 18.2 Å². The van der Waals surface area contributed by atoms with Gasteiger partial charge < -0.3 is 20.5 Å². The molecule has 1 amide bonds. The van der Waals surface area contributed by atoms with Crippen molar-refractivity contribution >= 4 is 17.6 Å². The van der Waals surface area contributed by atoms with Crippen molar-refractivity contribution in [2.24, 2.45) is 0 Å². The zero-order chi connectivity index (χ0) is 14.9. The Balaban J connectivity index is 2.31. The summed E-state index contributed by atoms with van der Waals surface area (Å²) in [6.07, 6.45) is 0.0558. The van der Waals surface area contributed by atoms with E-state index in [2.05, 4.69) is 0 Å². The number of carboxylic acids is 1. The van der Waals surface area contributed by atoms with Gasteiger partial charge in [-0.2, -0.15) is 0 Å². The lowest BCUT2D eigenvalue weighted by Crippen LogP contribution is -2.40. The second-order valence-corrected chi connectivity index (χ2v) is 4.92. The number of benzene rings is 1. The van der Waals surface area contributed by atoms with Crippen LogP contribution in [0.1, 0.15) is 22.3 Å². The highest BCUT2D eigenvalue weighted by atomic mass is 16.5. The largest absolute Gasteiger partial charge is 0.480 e. The van der Waals surface area contributed by atoms with E-state index in [4.69, 9.17) is 10.5 Å². The molecule has 2 unspecified atom stereocenters. The second-order valence-electron chi connectivity index (χ2n) is 4.92. The number of carbonyl (C=O) groups excluding carboxylic acids is 1. The third-order valence-electron chi connectivity index (χ3n) is 3.75. The number of hydrogen-bond donors (Lipinski definition) is 2. The first-order chi connectivity index (χ1) is 9.45. The molecule has 3 N–H and O–H groups in total. The number of amides is 1. The van der Waals surface area contributed by atoms with Crippen molar-refractivity contribution in [1.82, 2.24) is 4.90 Å². The van der Waals surface area contributed by atoms with Crippen molar-refractivity contribution < 1.29 is 19.4 Å². The van der Waals surface area contributed by atoms with Gasteiger partial charge in [0.05, 0.1) is 6.10 Å². The smallest absolute Gasteiger partial charge is 0.326 e. The zero-order valence-corrected chi connectivity index (χ0v) is 11.5. The normalized spacial score (nSPS) is 22.0. The molecular weight excluding hydrogens is 260 g/mol. The van der Waals surface area contributed by atoms with Crippen LogP contribution in [0.2, 0.25) is 0 Å². The van der Waals surface area contributed by atoms with E-state index in [1.54, 1.807) is 25.1 Å². The van der Waals surface area contributed by atoms with E-state index in [9.17, 15) is 14.7 Å². The molecule has 0 radical (unpaired) electrons. The van der Waals surface area contributed by atoms with Gasteiger partial charge in [0.2, 0.25) is 0 Å². The van der Waals surface area contributed by atoms with Gasteiger partial charge >= 0.3 is 5.97 Å². The molecule has 1 fully saturated rings. The number of likely N-dealkylation sites (tertiary alicyclic amines) is 1. The molecule has 0 aromatic heterocycles. The van der Waals surface area contributed by atoms with Crippen LogP contribution in [-0.2, 0) is 9.53 Å². The maximum absolute atomic E-state index is 12.5. The van der Waals surface area contributed by atoms with Gasteiger partial charge in [-0.15, -0.1) is 0 Å². The molecule has 1 heterocycles. The minimum Gasteiger partial charge on any atom is -0.480 e. The highest BCUT2D eigenvalue weighted by Gasteiger charge is 2.40. The summed E-state index contributed by atoms with van der Waals surface area (Å²) < 4.78 is 5.18. The molecule has 1 aliphatic heterocycles. The zero-order valence-electron chi connectivity index (χ0n) is 11.5. The Morgan fingerprint density at radius 1 is 1.45 bits per heavy atom. The van der Waals surface area contributed by atoms with Crippen LogP contribution in [-0.4, -0.2) is 47.7 Å². The summed E-state index contributed by atoms with van der Waals surface area (Å²) in [7, 11) is 1.52. The molecule has 20 heavy (non-hydrogen) atoms. The van der Waals surface area contributed by atoms with E-state index < -0.39 is 12.0 Å². The van der Waals surface area contributed by atoms with Gasteiger partial charge in [0.1, 0.15) is 6.04 Å². The molecule has 1 aliphatic rings. The van der Waals surface area contributed by atoms with Crippen LogP contribution in [0, 0.1) is 6.92 Å². The Kier molecular flexibility index (Phi) is 3.94. The predicted molar refractivity (Wildman–Crippen MR) is 73.5 cm³/mol. The van der Waals surface area contributed by atoms with Gasteiger partial charge in [-0.25, -0.2) is 4.79 Å². The SMILES string of the molecule is COC1CC(C(=O)O)N(C(=O)c2cccc(N)c2C)C1. The summed E-state index contributed by atoms with van der Waals surface area (Å²) in [6, 6.07) is 4.21. The summed E-state index contributed by atoms with van der Waals surface area (Å²) in [5.74, 6) is -1.33. The number of nitrogens with zero attached hydrogens (tertiary/aromatic N) is 1. The fourth-order valence-electron chi connectivity index (χ4n) is 2.47. The Morgan fingerprint density at radius 3 is 2.75 bits per heavy atom. The summed E-state index contributed by atoms with van der Waals surface area (Å²) in [6.45, 7) is 2.03. The number of carboxylic acid groups (broad SMARTS) is 1. The van der Waals surface area contributed by atoms with Crippen molar-refractivity contribution in [1.29, 1.82) is 0 Å². The number of carbonyl (C=O) groups is 2. The molecule has 108 valence electrons. The van der Waals surface area contributed by atoms with Crippen molar-refractivity contribution in [2.75, 3.05) is 19.4 Å². The first kappa shape index (κ1) is 14.3. The van der Waals surface area contributed by atoms with Crippen LogP contribution in [0.5, 0.6) is 0 Å². The highest BCUT2D eigenvalue weighted by molar-refractivity contribution is 5.99. The van der Waals surface area contributed by atoms with Crippen molar-refractivity contribution in [2.45, 2.75) is 25.5 Å². The number of nitrogens with two attached hydrogens (primary N) is 1. The average molecular weight is 278 g/mol. The molecule has 6 nitrogen and oxygen atoms in total. The molecule has 2 atom stereocenters. The minimum absolute atomic E-state index is 0.249. The first-order valence-electron chi connectivity index (χ1n) is 6.37. The van der Waals surface area contributed by atoms with Crippen molar-refractivity contribution in [3.05, 3.63) is 29.3 Å². The van der Waals surface area contributed by atoms with Crippen LogP contribution in [0.25, 0.3) is 0 Å². The third-order valence-corrected chi connectivity index (χ3v) is 3.75. The summed E-state index contributed by atoms with van der Waals surface area (Å²) in [5, 5.41) is 9.24. The Labute approximate surface area is 117 Å². The molecule has 0 aliphatic carbocycles.